The lowest BCUT2D eigenvalue weighted by molar-refractivity contribution is 0.211. The molecular formula is C7H5N3O2. The molecule has 0 atom stereocenters. The van der Waals surface area contributed by atoms with Crippen molar-refractivity contribution in [1.29, 1.82) is 0 Å². The van der Waals surface area contributed by atoms with Crippen LogP contribution < -0.4 is 4.74 Å². The molecule has 5 heteroatoms. The number of rotatable bonds is 1. The van der Waals surface area contributed by atoms with Crippen molar-refractivity contribution in [2.45, 2.75) is 0 Å². The van der Waals surface area contributed by atoms with E-state index in [1.165, 1.54) is 0 Å². The van der Waals surface area contributed by atoms with E-state index < -0.39 is 6.09 Å². The first-order valence-electron chi connectivity index (χ1n) is 3.15. The molecule has 5 nitrogen and oxygen atoms in total. The number of carbonyl (C=O) groups excluding carboxylic acids is 1. The van der Waals surface area contributed by atoms with E-state index in [4.69, 9.17) is 5.53 Å². The molecule has 0 bridgehead atoms. The summed E-state index contributed by atoms with van der Waals surface area (Å²) in [6.07, 6.45) is -0.955. The van der Waals surface area contributed by atoms with Gasteiger partial charge in [-0.1, -0.05) is 18.2 Å². The summed E-state index contributed by atoms with van der Waals surface area (Å²) >= 11 is 0. The topological polar surface area (TPSA) is 75.1 Å². The monoisotopic (exact) mass is 163 g/mol. The van der Waals surface area contributed by atoms with E-state index in [1.807, 2.05) is 0 Å². The van der Waals surface area contributed by atoms with E-state index in [2.05, 4.69) is 14.8 Å². The summed E-state index contributed by atoms with van der Waals surface area (Å²) in [6.45, 7) is 0. The fourth-order valence-electron chi connectivity index (χ4n) is 0.646. The van der Waals surface area contributed by atoms with Gasteiger partial charge in [-0.2, -0.15) is 0 Å². The second-order valence-electron chi connectivity index (χ2n) is 1.87. The van der Waals surface area contributed by atoms with Crippen LogP contribution in [0.2, 0.25) is 0 Å². The third-order valence-electron chi connectivity index (χ3n) is 1.07. The summed E-state index contributed by atoms with van der Waals surface area (Å²) in [5.74, 6) is 0.356. The van der Waals surface area contributed by atoms with E-state index in [0.29, 0.717) is 5.75 Å². The second kappa shape index (κ2) is 4.00. The number of carbonyl (C=O) groups is 1. The van der Waals surface area contributed by atoms with Crippen molar-refractivity contribution in [1.82, 2.24) is 0 Å². The molecule has 0 aliphatic heterocycles. The predicted octanol–water partition coefficient (Wildman–Crippen LogP) is 2.50. The van der Waals surface area contributed by atoms with Crippen LogP contribution in [0.1, 0.15) is 0 Å². The van der Waals surface area contributed by atoms with Crippen molar-refractivity contribution in [3.63, 3.8) is 0 Å². The summed E-state index contributed by atoms with van der Waals surface area (Å²) in [5, 5.41) is 2.74. The molecule has 0 aliphatic rings. The molecular weight excluding hydrogens is 158 g/mol. The number of nitrogens with zero attached hydrogens (tertiary/aromatic N) is 3. The zero-order chi connectivity index (χ0) is 8.81. The first-order valence-corrected chi connectivity index (χ1v) is 3.15. The van der Waals surface area contributed by atoms with E-state index in [1.54, 1.807) is 30.3 Å². The molecule has 1 rings (SSSR count). The number of azide groups is 1. The molecule has 0 fully saturated rings. The SMILES string of the molecule is [N-]=[N+]=NC(=O)Oc1ccccc1. The number of hydrogen-bond donors (Lipinski definition) is 0. The summed E-state index contributed by atoms with van der Waals surface area (Å²) in [6, 6.07) is 8.37. The van der Waals surface area contributed by atoms with Crippen LogP contribution in [0.15, 0.2) is 35.4 Å². The maximum absolute atomic E-state index is 10.6. The van der Waals surface area contributed by atoms with Crippen molar-refractivity contribution in [3.05, 3.63) is 40.8 Å². The largest absolute Gasteiger partial charge is 0.422 e. The summed E-state index contributed by atoms with van der Waals surface area (Å²) in [4.78, 5) is 12.9. The molecule has 0 heterocycles. The number of amides is 1. The molecule has 0 unspecified atom stereocenters. The van der Waals surface area contributed by atoms with Crippen molar-refractivity contribution in [3.8, 4) is 5.75 Å². The van der Waals surface area contributed by atoms with Crippen molar-refractivity contribution in [2.75, 3.05) is 0 Å². The third-order valence-corrected chi connectivity index (χ3v) is 1.07. The Bertz CT molecular complexity index is 317. The van der Waals surface area contributed by atoms with Gasteiger partial charge < -0.3 is 4.74 Å². The first-order chi connectivity index (χ1) is 5.83. The Kier molecular flexibility index (Phi) is 2.70. The minimum absolute atomic E-state index is 0.356. The van der Waals surface area contributed by atoms with Crippen molar-refractivity contribution in [2.24, 2.45) is 5.11 Å². The quantitative estimate of drug-likeness (QED) is 0.362. The molecule has 0 aliphatic carbocycles. The van der Waals surface area contributed by atoms with Crippen molar-refractivity contribution < 1.29 is 9.53 Å². The number of para-hydroxylation sites is 1. The van der Waals surface area contributed by atoms with Crippen LogP contribution >= 0.6 is 0 Å². The molecule has 12 heavy (non-hydrogen) atoms. The van der Waals surface area contributed by atoms with E-state index in [-0.39, 0.29) is 0 Å². The van der Waals surface area contributed by atoms with Gasteiger partial charge >= 0.3 is 6.09 Å². The Labute approximate surface area is 68.2 Å². The third kappa shape index (κ3) is 2.32. The van der Waals surface area contributed by atoms with Gasteiger partial charge in [0.2, 0.25) is 0 Å². The lowest BCUT2D eigenvalue weighted by atomic mass is 10.3. The summed E-state index contributed by atoms with van der Waals surface area (Å²) in [7, 11) is 0. The second-order valence-corrected chi connectivity index (χ2v) is 1.87. The molecule has 0 saturated heterocycles. The Morgan fingerprint density at radius 2 is 2.08 bits per heavy atom. The van der Waals surface area contributed by atoms with Gasteiger partial charge in [-0.3, -0.25) is 0 Å². The highest BCUT2D eigenvalue weighted by molar-refractivity contribution is 5.70. The number of ether oxygens (including phenoxy) is 1. The standard InChI is InChI=1S/C7H5N3O2/c8-10-9-7(11)12-6-4-2-1-3-5-6/h1-5H. The van der Waals surface area contributed by atoms with E-state index >= 15 is 0 Å². The smallest absolute Gasteiger partial charge is 0.402 e. The Balaban J connectivity index is 2.64. The first kappa shape index (κ1) is 8.10. The zero-order valence-corrected chi connectivity index (χ0v) is 6.04. The molecule has 1 amide bonds. The number of benzene rings is 1. The van der Waals surface area contributed by atoms with Crippen LogP contribution in [-0.4, -0.2) is 6.09 Å². The average molecular weight is 163 g/mol. The van der Waals surface area contributed by atoms with Gasteiger partial charge in [0.15, 0.2) is 0 Å². The van der Waals surface area contributed by atoms with Crippen LogP contribution in [0.25, 0.3) is 10.4 Å². The highest BCUT2D eigenvalue weighted by atomic mass is 16.5. The fraction of sp³-hybridized carbons (Fsp3) is 0. The lowest BCUT2D eigenvalue weighted by Gasteiger charge is -1.97. The highest BCUT2D eigenvalue weighted by Gasteiger charge is 1.98. The maximum Gasteiger partial charge on any atom is 0.402 e. The Morgan fingerprint density at radius 3 is 2.67 bits per heavy atom. The highest BCUT2D eigenvalue weighted by Crippen LogP contribution is 2.08. The molecule has 1 aromatic rings. The molecule has 0 N–H and O–H groups in total. The zero-order valence-electron chi connectivity index (χ0n) is 6.04. The van der Waals surface area contributed by atoms with Gasteiger partial charge in [0.1, 0.15) is 5.75 Å². The van der Waals surface area contributed by atoms with Gasteiger partial charge in [0.25, 0.3) is 0 Å². The summed E-state index contributed by atoms with van der Waals surface area (Å²) in [5.41, 5.74) is 7.87. The van der Waals surface area contributed by atoms with Crippen LogP contribution in [0.5, 0.6) is 5.75 Å². The van der Waals surface area contributed by atoms with Gasteiger partial charge in [0, 0.05) is 10.0 Å². The normalized spacial score (nSPS) is 8.33. The van der Waals surface area contributed by atoms with Gasteiger partial charge in [0.05, 0.1) is 0 Å². The minimum Gasteiger partial charge on any atom is -0.422 e. The van der Waals surface area contributed by atoms with E-state index in [0.717, 1.165) is 0 Å². The van der Waals surface area contributed by atoms with Crippen molar-refractivity contribution >= 4 is 6.09 Å². The summed E-state index contributed by atoms with van der Waals surface area (Å²) < 4.78 is 4.60. The molecule has 0 aromatic heterocycles. The lowest BCUT2D eigenvalue weighted by Crippen LogP contribution is -1.99. The van der Waals surface area contributed by atoms with Crippen LogP contribution in [0, 0.1) is 0 Å². The van der Waals surface area contributed by atoms with E-state index in [9.17, 15) is 4.79 Å². The van der Waals surface area contributed by atoms with Crippen LogP contribution in [0.3, 0.4) is 0 Å². The molecule has 0 saturated carbocycles. The molecule has 60 valence electrons. The molecule has 0 radical (unpaired) electrons. The van der Waals surface area contributed by atoms with Gasteiger partial charge in [-0.05, 0) is 17.7 Å². The maximum atomic E-state index is 10.6. The fourth-order valence-corrected chi connectivity index (χ4v) is 0.646. The average Bonchev–Trinajstić information content (AvgIpc) is 2.06. The number of hydrogen-bond acceptors (Lipinski definition) is 2. The predicted molar refractivity (Wildman–Crippen MR) is 41.6 cm³/mol. The van der Waals surface area contributed by atoms with Gasteiger partial charge in [-0.15, -0.1) is 0 Å². The Hall–Kier alpha value is -2.00. The molecule has 1 aromatic carbocycles. The Morgan fingerprint density at radius 1 is 1.42 bits per heavy atom. The van der Waals surface area contributed by atoms with Crippen LogP contribution in [0.4, 0.5) is 4.79 Å². The van der Waals surface area contributed by atoms with Crippen LogP contribution in [-0.2, 0) is 0 Å². The molecule has 0 spiro atoms. The minimum atomic E-state index is -0.955. The van der Waals surface area contributed by atoms with Gasteiger partial charge in [-0.25, -0.2) is 4.79 Å².